The largest absolute Gasteiger partial charge is 0.494 e. The number of fused-ring (bicyclic) bond motifs is 1. The highest BCUT2D eigenvalue weighted by Crippen LogP contribution is 2.41. The van der Waals surface area contributed by atoms with Crippen LogP contribution in [0.4, 0.5) is 0 Å². The first-order valence-electron chi connectivity index (χ1n) is 8.93. The smallest absolute Gasteiger partial charge is 0.312 e. The Balaban J connectivity index is 1.46. The maximum Gasteiger partial charge on any atom is 0.312 e. The van der Waals surface area contributed by atoms with Gasteiger partial charge in [-0.3, -0.25) is 9.59 Å². The molecule has 1 atom stereocenters. The van der Waals surface area contributed by atoms with Crippen molar-refractivity contribution in [2.75, 3.05) is 26.7 Å². The number of aromatic nitrogens is 2. The Morgan fingerprint density at radius 2 is 2.30 bits per heavy atom. The van der Waals surface area contributed by atoms with E-state index in [4.69, 9.17) is 9.47 Å². The average molecular weight is 437 g/mol. The molecule has 2 fully saturated rings. The summed E-state index contributed by atoms with van der Waals surface area (Å²) < 4.78 is 13.3. The highest BCUT2D eigenvalue weighted by Gasteiger charge is 2.49. The zero-order valence-corrected chi connectivity index (χ0v) is 16.5. The fourth-order valence-corrected chi connectivity index (χ4v) is 4.34. The Hall–Kier alpha value is -2.13. The van der Waals surface area contributed by atoms with Gasteiger partial charge in [-0.25, -0.2) is 4.52 Å². The minimum absolute atomic E-state index is 0.134. The summed E-state index contributed by atoms with van der Waals surface area (Å²) in [6.07, 6.45) is 5.20. The second kappa shape index (κ2) is 7.12. The van der Waals surface area contributed by atoms with Gasteiger partial charge in [0.2, 0.25) is 0 Å². The zero-order valence-electron chi connectivity index (χ0n) is 15.0. The van der Waals surface area contributed by atoms with Gasteiger partial charge < -0.3 is 20.1 Å². The number of methoxy groups -OCH3 is 1. The van der Waals surface area contributed by atoms with E-state index in [2.05, 4.69) is 31.7 Å². The lowest BCUT2D eigenvalue weighted by Crippen LogP contribution is -2.39. The number of ether oxygens (including phenoxy) is 2. The Morgan fingerprint density at radius 1 is 1.52 bits per heavy atom. The molecule has 1 spiro atoms. The molecular weight excluding hydrogens is 416 g/mol. The van der Waals surface area contributed by atoms with Crippen LogP contribution in [0.3, 0.4) is 0 Å². The van der Waals surface area contributed by atoms with E-state index >= 15 is 0 Å². The van der Waals surface area contributed by atoms with Crippen LogP contribution < -0.4 is 15.4 Å². The molecule has 27 heavy (non-hydrogen) atoms. The minimum atomic E-state index is -0.388. The molecule has 144 valence electrons. The van der Waals surface area contributed by atoms with E-state index in [9.17, 15) is 9.59 Å². The quantitative estimate of drug-likeness (QED) is 0.705. The third-order valence-corrected chi connectivity index (χ3v) is 5.82. The van der Waals surface area contributed by atoms with Gasteiger partial charge in [-0.2, -0.15) is 5.10 Å². The van der Waals surface area contributed by atoms with Crippen LogP contribution in [0.2, 0.25) is 0 Å². The van der Waals surface area contributed by atoms with Crippen molar-refractivity contribution in [2.45, 2.75) is 25.4 Å². The van der Waals surface area contributed by atoms with Crippen molar-refractivity contribution in [2.24, 2.45) is 5.41 Å². The molecule has 0 aliphatic carbocycles. The molecule has 4 rings (SSSR count). The lowest BCUT2D eigenvalue weighted by Gasteiger charge is -2.29. The average Bonchev–Trinajstić information content (AvgIpc) is 3.21. The fraction of sp³-hybridized carbons (Fsp3) is 0.500. The normalized spacial score (nSPS) is 21.4. The number of nitrogens with one attached hydrogen (secondary N) is 2. The van der Waals surface area contributed by atoms with Crippen molar-refractivity contribution < 1.29 is 19.1 Å². The summed E-state index contributed by atoms with van der Waals surface area (Å²) in [4.78, 5) is 25.0. The van der Waals surface area contributed by atoms with Crippen LogP contribution in [-0.2, 0) is 9.53 Å². The summed E-state index contributed by atoms with van der Waals surface area (Å²) in [7, 11) is 1.55. The molecule has 2 aliphatic heterocycles. The second-order valence-corrected chi connectivity index (χ2v) is 7.97. The molecule has 1 amide bonds. The first-order chi connectivity index (χ1) is 13.0. The molecule has 2 aromatic heterocycles. The first-order valence-corrected chi connectivity index (χ1v) is 9.72. The molecule has 9 heteroatoms. The van der Waals surface area contributed by atoms with Gasteiger partial charge in [0.1, 0.15) is 17.4 Å². The number of hydrogen-bond donors (Lipinski definition) is 2. The Labute approximate surface area is 164 Å². The summed E-state index contributed by atoms with van der Waals surface area (Å²) >= 11 is 3.39. The van der Waals surface area contributed by atoms with Crippen LogP contribution in [0.5, 0.6) is 5.75 Å². The molecule has 0 bridgehead atoms. The lowest BCUT2D eigenvalue weighted by atomic mass is 9.76. The molecular formula is C18H21BrN4O4. The Kier molecular flexibility index (Phi) is 4.81. The van der Waals surface area contributed by atoms with Crippen LogP contribution in [-0.4, -0.2) is 54.3 Å². The summed E-state index contributed by atoms with van der Waals surface area (Å²) in [6.45, 7) is 1.94. The van der Waals surface area contributed by atoms with Gasteiger partial charge in [-0.15, -0.1) is 0 Å². The number of amides is 1. The molecule has 2 aliphatic rings. The van der Waals surface area contributed by atoms with Crippen LogP contribution in [0.15, 0.2) is 22.9 Å². The van der Waals surface area contributed by atoms with E-state index in [0.717, 1.165) is 30.4 Å². The monoisotopic (exact) mass is 436 g/mol. The molecule has 1 unspecified atom stereocenters. The van der Waals surface area contributed by atoms with Crippen molar-refractivity contribution in [1.82, 2.24) is 20.2 Å². The fourth-order valence-electron chi connectivity index (χ4n) is 3.94. The third kappa shape index (κ3) is 3.29. The molecule has 2 aromatic rings. The van der Waals surface area contributed by atoms with Gasteiger partial charge in [0, 0.05) is 17.1 Å². The van der Waals surface area contributed by atoms with Gasteiger partial charge in [0.05, 0.1) is 30.8 Å². The SMILES string of the molecule is COc1cc(Br)cn2ncc(C(=O)NCC3CC4(CCNCC4)C(=O)O3)c12. The van der Waals surface area contributed by atoms with E-state index < -0.39 is 0 Å². The summed E-state index contributed by atoms with van der Waals surface area (Å²) in [5.74, 6) is 0.145. The number of carbonyl (C=O) groups excluding carboxylic acids is 2. The molecule has 0 radical (unpaired) electrons. The predicted molar refractivity (Wildman–Crippen MR) is 101 cm³/mol. The van der Waals surface area contributed by atoms with E-state index in [1.165, 1.54) is 6.20 Å². The van der Waals surface area contributed by atoms with Gasteiger partial charge >= 0.3 is 5.97 Å². The van der Waals surface area contributed by atoms with Crippen molar-refractivity contribution in [3.63, 3.8) is 0 Å². The van der Waals surface area contributed by atoms with Crippen LogP contribution >= 0.6 is 15.9 Å². The van der Waals surface area contributed by atoms with E-state index in [-0.39, 0.29) is 29.9 Å². The van der Waals surface area contributed by atoms with Crippen molar-refractivity contribution in [3.05, 3.63) is 28.5 Å². The lowest BCUT2D eigenvalue weighted by molar-refractivity contribution is -0.149. The number of halogens is 1. The van der Waals surface area contributed by atoms with Crippen LogP contribution in [0.1, 0.15) is 29.6 Å². The molecule has 0 saturated carbocycles. The van der Waals surface area contributed by atoms with E-state index in [1.807, 2.05) is 0 Å². The minimum Gasteiger partial charge on any atom is -0.494 e. The number of nitrogens with zero attached hydrogens (tertiary/aromatic N) is 2. The van der Waals surface area contributed by atoms with Crippen molar-refractivity contribution in [1.29, 1.82) is 0 Å². The highest BCUT2D eigenvalue weighted by molar-refractivity contribution is 9.10. The molecule has 8 nitrogen and oxygen atoms in total. The molecule has 2 saturated heterocycles. The number of esters is 1. The van der Waals surface area contributed by atoms with Gasteiger partial charge in [-0.1, -0.05) is 0 Å². The summed E-state index contributed by atoms with van der Waals surface area (Å²) in [5.41, 5.74) is 0.622. The summed E-state index contributed by atoms with van der Waals surface area (Å²) in [6, 6.07) is 1.79. The number of cyclic esters (lactones) is 1. The standard InChI is InChI=1S/C18H21BrN4O4/c1-26-14-6-11(19)10-23-15(14)13(9-22-23)16(24)21-8-12-7-18(17(25)27-12)2-4-20-5-3-18/h6,9-10,12,20H,2-5,7-8H2,1H3,(H,21,24). The highest BCUT2D eigenvalue weighted by atomic mass is 79.9. The Bertz CT molecular complexity index is 891. The second-order valence-electron chi connectivity index (χ2n) is 7.05. The predicted octanol–water partition coefficient (Wildman–Crippen LogP) is 1.52. The summed E-state index contributed by atoms with van der Waals surface area (Å²) in [5, 5.41) is 10.4. The van der Waals surface area contributed by atoms with E-state index in [1.54, 1.807) is 23.9 Å². The molecule has 4 heterocycles. The number of piperidine rings is 1. The maximum absolute atomic E-state index is 12.7. The van der Waals surface area contributed by atoms with Crippen molar-refractivity contribution in [3.8, 4) is 5.75 Å². The number of hydrogen-bond acceptors (Lipinski definition) is 6. The van der Waals surface area contributed by atoms with Crippen molar-refractivity contribution >= 4 is 33.3 Å². The van der Waals surface area contributed by atoms with Gasteiger partial charge in [0.15, 0.2) is 0 Å². The number of carbonyl (C=O) groups is 2. The zero-order chi connectivity index (χ0) is 19.0. The van der Waals surface area contributed by atoms with Gasteiger partial charge in [-0.05, 0) is 47.9 Å². The topological polar surface area (TPSA) is 94.0 Å². The van der Waals surface area contributed by atoms with Crippen LogP contribution in [0, 0.1) is 5.41 Å². The maximum atomic E-state index is 12.7. The molecule has 0 aromatic carbocycles. The number of pyridine rings is 1. The first kappa shape index (κ1) is 18.2. The van der Waals surface area contributed by atoms with Crippen LogP contribution in [0.25, 0.3) is 5.52 Å². The third-order valence-electron chi connectivity index (χ3n) is 5.38. The Morgan fingerprint density at radius 3 is 3.04 bits per heavy atom. The number of rotatable bonds is 4. The van der Waals surface area contributed by atoms with E-state index in [0.29, 0.717) is 23.3 Å². The van der Waals surface area contributed by atoms with Gasteiger partial charge in [0.25, 0.3) is 5.91 Å². The molecule has 2 N–H and O–H groups in total.